The zero-order valence-corrected chi connectivity index (χ0v) is 10.5. The lowest BCUT2D eigenvalue weighted by Gasteiger charge is -2.09. The molecular weight excluding hydrogens is 250 g/mol. The Bertz CT molecular complexity index is 599. The number of amides is 1. The van der Waals surface area contributed by atoms with Gasteiger partial charge in [-0.25, -0.2) is 0 Å². The van der Waals surface area contributed by atoms with Crippen molar-refractivity contribution in [2.75, 3.05) is 11.1 Å². The first-order valence-electron chi connectivity index (χ1n) is 5.35. The summed E-state index contributed by atoms with van der Waals surface area (Å²) in [6.45, 7) is 1.86. The van der Waals surface area contributed by atoms with Crippen LogP contribution in [0.4, 0.5) is 11.4 Å². The van der Waals surface area contributed by atoms with Gasteiger partial charge in [-0.05, 0) is 36.8 Å². The Morgan fingerprint density at radius 2 is 2.17 bits per heavy atom. The first-order valence-corrected chi connectivity index (χ1v) is 5.72. The number of aromatic nitrogens is 1. The molecule has 0 aliphatic heterocycles. The lowest BCUT2D eigenvalue weighted by Crippen LogP contribution is -2.13. The number of anilines is 2. The van der Waals surface area contributed by atoms with Crippen LogP contribution in [0.5, 0.6) is 0 Å². The molecule has 3 N–H and O–H groups in total. The summed E-state index contributed by atoms with van der Waals surface area (Å²) >= 11 is 5.97. The van der Waals surface area contributed by atoms with Gasteiger partial charge in [-0.3, -0.25) is 9.78 Å². The third-order valence-electron chi connectivity index (χ3n) is 2.50. The van der Waals surface area contributed by atoms with E-state index in [-0.39, 0.29) is 5.91 Å². The molecule has 0 saturated heterocycles. The Morgan fingerprint density at radius 3 is 2.89 bits per heavy atom. The zero-order chi connectivity index (χ0) is 13.1. The van der Waals surface area contributed by atoms with E-state index in [1.807, 2.05) is 6.92 Å². The van der Waals surface area contributed by atoms with Crippen molar-refractivity contribution in [1.29, 1.82) is 0 Å². The van der Waals surface area contributed by atoms with Gasteiger partial charge >= 0.3 is 0 Å². The number of benzene rings is 1. The average Bonchev–Trinajstić information content (AvgIpc) is 2.35. The van der Waals surface area contributed by atoms with Crippen molar-refractivity contribution in [2.45, 2.75) is 6.92 Å². The maximum absolute atomic E-state index is 12.1. The van der Waals surface area contributed by atoms with Gasteiger partial charge in [-0.15, -0.1) is 0 Å². The molecule has 1 aromatic heterocycles. The Balaban J connectivity index is 2.28. The molecule has 92 valence electrons. The number of aryl methyl sites for hydroxylation is 1. The summed E-state index contributed by atoms with van der Waals surface area (Å²) in [5.74, 6) is -0.290. The third-order valence-corrected chi connectivity index (χ3v) is 2.83. The highest BCUT2D eigenvalue weighted by molar-refractivity contribution is 6.34. The van der Waals surface area contributed by atoms with Crippen LogP contribution in [0.3, 0.4) is 0 Å². The highest BCUT2D eigenvalue weighted by atomic mass is 35.5. The zero-order valence-electron chi connectivity index (χ0n) is 9.77. The van der Waals surface area contributed by atoms with Gasteiger partial charge in [0.1, 0.15) is 0 Å². The number of hydrogen-bond acceptors (Lipinski definition) is 3. The molecule has 0 atom stereocenters. The van der Waals surface area contributed by atoms with Crippen molar-refractivity contribution in [3.8, 4) is 0 Å². The predicted octanol–water partition coefficient (Wildman–Crippen LogP) is 2.88. The van der Waals surface area contributed by atoms with E-state index in [9.17, 15) is 4.79 Å². The van der Waals surface area contributed by atoms with Crippen LogP contribution in [-0.4, -0.2) is 10.9 Å². The van der Waals surface area contributed by atoms with Gasteiger partial charge in [0.25, 0.3) is 5.91 Å². The Labute approximate surface area is 110 Å². The van der Waals surface area contributed by atoms with Crippen LogP contribution in [0.15, 0.2) is 36.7 Å². The lowest BCUT2D eigenvalue weighted by molar-refractivity contribution is 0.102. The summed E-state index contributed by atoms with van der Waals surface area (Å²) in [4.78, 5) is 16.0. The van der Waals surface area contributed by atoms with Gasteiger partial charge in [0, 0.05) is 23.8 Å². The topological polar surface area (TPSA) is 68.0 Å². The molecular formula is C13H12ClN3O. The van der Waals surface area contributed by atoms with Crippen LogP contribution >= 0.6 is 11.6 Å². The van der Waals surface area contributed by atoms with E-state index in [4.69, 9.17) is 17.3 Å². The fourth-order valence-corrected chi connectivity index (χ4v) is 1.72. The molecule has 0 aliphatic rings. The van der Waals surface area contributed by atoms with Gasteiger partial charge < -0.3 is 11.1 Å². The Morgan fingerprint density at radius 1 is 1.39 bits per heavy atom. The van der Waals surface area contributed by atoms with Crippen LogP contribution in [0, 0.1) is 6.92 Å². The fourth-order valence-electron chi connectivity index (χ4n) is 1.52. The van der Waals surface area contributed by atoms with Crippen LogP contribution in [0.2, 0.25) is 5.02 Å². The molecule has 0 saturated carbocycles. The maximum atomic E-state index is 12.1. The molecule has 0 fully saturated rings. The standard InChI is InChI=1S/C13H12ClN3O/c1-8-7-16-5-4-12(8)17-13(18)10-6-9(15)2-3-11(10)14/h2-7H,15H2,1H3,(H,16,17,18). The summed E-state index contributed by atoms with van der Waals surface area (Å²) in [5, 5.41) is 3.14. The molecule has 1 amide bonds. The molecule has 4 nitrogen and oxygen atoms in total. The number of rotatable bonds is 2. The van der Waals surface area contributed by atoms with E-state index >= 15 is 0 Å². The Hall–Kier alpha value is -2.07. The molecule has 0 aliphatic carbocycles. The average molecular weight is 262 g/mol. The number of carbonyl (C=O) groups excluding carboxylic acids is 1. The van der Waals surface area contributed by atoms with E-state index in [1.54, 1.807) is 36.7 Å². The summed E-state index contributed by atoms with van der Waals surface area (Å²) in [5.41, 5.74) is 8.07. The summed E-state index contributed by atoms with van der Waals surface area (Å²) < 4.78 is 0. The van der Waals surface area contributed by atoms with Gasteiger partial charge in [0.15, 0.2) is 0 Å². The van der Waals surface area contributed by atoms with E-state index in [0.717, 1.165) is 5.56 Å². The van der Waals surface area contributed by atoms with Crippen molar-refractivity contribution < 1.29 is 4.79 Å². The smallest absolute Gasteiger partial charge is 0.257 e. The van der Waals surface area contributed by atoms with Crippen molar-refractivity contribution in [1.82, 2.24) is 4.98 Å². The molecule has 2 rings (SSSR count). The van der Waals surface area contributed by atoms with E-state index in [1.165, 1.54) is 0 Å². The SMILES string of the molecule is Cc1cnccc1NC(=O)c1cc(N)ccc1Cl. The van der Waals surface area contributed by atoms with E-state index in [2.05, 4.69) is 10.3 Å². The van der Waals surface area contributed by atoms with Crippen molar-refractivity contribution >= 4 is 28.9 Å². The largest absolute Gasteiger partial charge is 0.399 e. The number of carbonyl (C=O) groups is 1. The molecule has 2 aromatic rings. The molecule has 0 bridgehead atoms. The van der Waals surface area contributed by atoms with Crippen molar-refractivity contribution in [3.05, 3.63) is 52.8 Å². The first kappa shape index (κ1) is 12.4. The highest BCUT2D eigenvalue weighted by Gasteiger charge is 2.11. The molecule has 5 heteroatoms. The number of nitrogens with one attached hydrogen (secondary N) is 1. The molecule has 18 heavy (non-hydrogen) atoms. The lowest BCUT2D eigenvalue weighted by atomic mass is 10.1. The van der Waals surface area contributed by atoms with Crippen molar-refractivity contribution in [2.24, 2.45) is 0 Å². The number of nitrogens with zero attached hydrogens (tertiary/aromatic N) is 1. The second-order valence-electron chi connectivity index (χ2n) is 3.88. The van der Waals surface area contributed by atoms with Gasteiger partial charge in [-0.1, -0.05) is 11.6 Å². The van der Waals surface area contributed by atoms with Crippen molar-refractivity contribution in [3.63, 3.8) is 0 Å². The number of nitrogens with two attached hydrogens (primary N) is 1. The van der Waals surface area contributed by atoms with Gasteiger partial charge in [0.2, 0.25) is 0 Å². The van der Waals surface area contributed by atoms with E-state index in [0.29, 0.717) is 22.0 Å². The number of halogens is 1. The van der Waals surface area contributed by atoms with Gasteiger partial charge in [0.05, 0.1) is 10.6 Å². The van der Waals surface area contributed by atoms with Crippen LogP contribution in [0.25, 0.3) is 0 Å². The van der Waals surface area contributed by atoms with Crippen LogP contribution < -0.4 is 11.1 Å². The number of pyridine rings is 1. The third kappa shape index (κ3) is 2.60. The number of nitrogen functional groups attached to an aromatic ring is 1. The summed E-state index contributed by atoms with van der Waals surface area (Å²) in [7, 11) is 0. The second-order valence-corrected chi connectivity index (χ2v) is 4.29. The second kappa shape index (κ2) is 5.06. The summed E-state index contributed by atoms with van der Waals surface area (Å²) in [6, 6.07) is 6.53. The Kier molecular flexibility index (Phi) is 3.48. The minimum absolute atomic E-state index is 0.290. The fraction of sp³-hybridized carbons (Fsp3) is 0.0769. The maximum Gasteiger partial charge on any atom is 0.257 e. The monoisotopic (exact) mass is 261 g/mol. The minimum atomic E-state index is -0.290. The summed E-state index contributed by atoms with van der Waals surface area (Å²) in [6.07, 6.45) is 3.29. The number of hydrogen-bond donors (Lipinski definition) is 2. The van der Waals surface area contributed by atoms with Gasteiger partial charge in [-0.2, -0.15) is 0 Å². The predicted molar refractivity (Wildman–Crippen MR) is 72.8 cm³/mol. The molecule has 0 spiro atoms. The molecule has 1 aromatic carbocycles. The first-order chi connectivity index (χ1) is 8.58. The molecule has 1 heterocycles. The highest BCUT2D eigenvalue weighted by Crippen LogP contribution is 2.21. The minimum Gasteiger partial charge on any atom is -0.399 e. The van der Waals surface area contributed by atoms with Crippen LogP contribution in [0.1, 0.15) is 15.9 Å². The van der Waals surface area contributed by atoms with E-state index < -0.39 is 0 Å². The molecule has 0 unspecified atom stereocenters. The normalized spacial score (nSPS) is 10.1. The molecule has 0 radical (unpaired) electrons. The van der Waals surface area contributed by atoms with Crippen LogP contribution in [-0.2, 0) is 0 Å². The quantitative estimate of drug-likeness (QED) is 0.817.